The minimum atomic E-state index is -0.836. The molecule has 3 N–H and O–H groups in total. The fraction of sp³-hybridized carbons (Fsp3) is 0.846. The molecular weight excluding hydrogens is 282 g/mol. The summed E-state index contributed by atoms with van der Waals surface area (Å²) in [5.41, 5.74) is 0. The summed E-state index contributed by atoms with van der Waals surface area (Å²) in [7, 11) is 0. The number of halogens is 1. The van der Waals surface area contributed by atoms with Crippen LogP contribution in [-0.2, 0) is 4.79 Å². The largest absolute Gasteiger partial charge is 0.390 e. The number of nitrogens with zero attached hydrogens (tertiary/aromatic N) is 2. The van der Waals surface area contributed by atoms with E-state index < -0.39 is 18.2 Å². The highest BCUT2D eigenvalue weighted by Gasteiger charge is 2.51. The van der Waals surface area contributed by atoms with E-state index in [0.717, 1.165) is 25.7 Å². The number of rotatable bonds is 1. The van der Waals surface area contributed by atoms with E-state index in [0.29, 0.717) is 6.54 Å². The third-order valence-electron chi connectivity index (χ3n) is 4.78. The van der Waals surface area contributed by atoms with E-state index in [-0.39, 0.29) is 36.3 Å². The molecule has 1 amide bonds. The standard InChI is InChI=1S/C13H19N3O3.ClH/c14-6-7-2-1-5-16(7)13(19)10-8-3-4-9(15-10)12(18)11(8)17;/h7-12,15,17-18H,1-5H2;1H. The van der Waals surface area contributed by atoms with E-state index in [1.54, 1.807) is 4.90 Å². The second-order valence-corrected chi connectivity index (χ2v) is 5.79. The topological polar surface area (TPSA) is 96.6 Å². The lowest BCUT2D eigenvalue weighted by Crippen LogP contribution is -2.69. The summed E-state index contributed by atoms with van der Waals surface area (Å²) in [5, 5.41) is 32.1. The Balaban J connectivity index is 0.00000147. The number of nitrogens with one attached hydrogen (secondary N) is 1. The number of fused-ring (bicyclic) bond motifs is 3. The van der Waals surface area contributed by atoms with Gasteiger partial charge in [-0.15, -0.1) is 12.4 Å². The molecule has 7 heteroatoms. The van der Waals surface area contributed by atoms with Crippen LogP contribution in [-0.4, -0.2) is 57.9 Å². The summed E-state index contributed by atoms with van der Waals surface area (Å²) in [6, 6.07) is 1.16. The van der Waals surface area contributed by atoms with Gasteiger partial charge in [-0.25, -0.2) is 0 Å². The number of likely N-dealkylation sites (tertiary alicyclic amines) is 1. The Kier molecular flexibility index (Phi) is 4.55. The fourth-order valence-corrected chi connectivity index (χ4v) is 3.70. The number of carbonyl (C=O) groups excluding carboxylic acids is 1. The molecule has 0 aromatic heterocycles. The Hall–Kier alpha value is -0.870. The number of hydrogen-bond acceptors (Lipinski definition) is 5. The SMILES string of the molecule is Cl.N#CC1CCCN1C(=O)C1NC2CCC1C(O)C2O. The highest BCUT2D eigenvalue weighted by Crippen LogP contribution is 2.35. The van der Waals surface area contributed by atoms with Crippen molar-refractivity contribution in [2.24, 2.45) is 5.92 Å². The van der Waals surface area contributed by atoms with E-state index in [4.69, 9.17) is 5.26 Å². The molecule has 1 saturated carbocycles. The second-order valence-electron chi connectivity index (χ2n) is 5.79. The molecule has 3 aliphatic heterocycles. The van der Waals surface area contributed by atoms with Crippen molar-refractivity contribution in [3.05, 3.63) is 0 Å². The summed E-state index contributed by atoms with van der Waals surface area (Å²) in [6.07, 6.45) is 1.50. The molecular formula is C13H20ClN3O3. The van der Waals surface area contributed by atoms with Crippen molar-refractivity contribution in [3.63, 3.8) is 0 Å². The second kappa shape index (κ2) is 5.86. The first kappa shape index (κ1) is 15.5. The first-order chi connectivity index (χ1) is 9.13. The summed E-state index contributed by atoms with van der Waals surface area (Å²) in [5.74, 6) is -0.336. The maximum absolute atomic E-state index is 12.5. The lowest BCUT2D eigenvalue weighted by Gasteiger charge is -2.49. The molecule has 3 heterocycles. The van der Waals surface area contributed by atoms with Crippen molar-refractivity contribution in [2.45, 2.75) is 56.0 Å². The smallest absolute Gasteiger partial charge is 0.241 e. The number of piperidine rings is 2. The lowest BCUT2D eigenvalue weighted by molar-refractivity contribution is -0.150. The third-order valence-corrected chi connectivity index (χ3v) is 4.78. The maximum atomic E-state index is 12.5. The molecule has 0 aromatic rings. The van der Waals surface area contributed by atoms with E-state index in [1.807, 2.05) is 0 Å². The molecule has 6 nitrogen and oxygen atoms in total. The minimum absolute atomic E-state index is 0. The van der Waals surface area contributed by atoms with Crippen LogP contribution in [0.25, 0.3) is 0 Å². The Morgan fingerprint density at radius 1 is 1.25 bits per heavy atom. The predicted molar refractivity (Wildman–Crippen MR) is 73.0 cm³/mol. The number of amides is 1. The maximum Gasteiger partial charge on any atom is 0.241 e. The van der Waals surface area contributed by atoms with Crippen molar-refractivity contribution in [2.75, 3.05) is 6.54 Å². The zero-order valence-corrected chi connectivity index (χ0v) is 11.9. The average Bonchev–Trinajstić information content (AvgIpc) is 2.91. The van der Waals surface area contributed by atoms with Gasteiger partial charge in [0.2, 0.25) is 5.91 Å². The van der Waals surface area contributed by atoms with Crippen LogP contribution in [0, 0.1) is 17.2 Å². The van der Waals surface area contributed by atoms with Gasteiger partial charge in [-0.05, 0) is 25.7 Å². The summed E-state index contributed by atoms with van der Waals surface area (Å²) < 4.78 is 0. The normalized spacial score (nSPS) is 43.0. The number of nitriles is 1. The Labute approximate surface area is 124 Å². The first-order valence-electron chi connectivity index (χ1n) is 6.95. The van der Waals surface area contributed by atoms with Crippen LogP contribution in [0.5, 0.6) is 0 Å². The van der Waals surface area contributed by atoms with Crippen LogP contribution in [0.1, 0.15) is 25.7 Å². The van der Waals surface area contributed by atoms with Gasteiger partial charge in [0, 0.05) is 18.5 Å². The molecule has 6 unspecified atom stereocenters. The zero-order chi connectivity index (χ0) is 13.6. The van der Waals surface area contributed by atoms with E-state index in [2.05, 4.69) is 11.4 Å². The molecule has 0 radical (unpaired) electrons. The lowest BCUT2D eigenvalue weighted by atomic mass is 9.72. The Morgan fingerprint density at radius 2 is 2.00 bits per heavy atom. The van der Waals surface area contributed by atoms with Crippen molar-refractivity contribution in [1.82, 2.24) is 10.2 Å². The summed E-state index contributed by atoms with van der Waals surface area (Å²) >= 11 is 0. The number of aliphatic hydroxyl groups is 2. The molecule has 2 bridgehead atoms. The fourth-order valence-electron chi connectivity index (χ4n) is 3.70. The Morgan fingerprint density at radius 3 is 2.65 bits per heavy atom. The van der Waals surface area contributed by atoms with Gasteiger partial charge in [0.25, 0.3) is 0 Å². The third kappa shape index (κ3) is 2.29. The molecule has 112 valence electrons. The van der Waals surface area contributed by atoms with Crippen LogP contribution < -0.4 is 5.32 Å². The predicted octanol–water partition coefficient (Wildman–Crippen LogP) is -0.605. The van der Waals surface area contributed by atoms with Crippen LogP contribution in [0.4, 0.5) is 0 Å². The Bertz CT molecular complexity index is 426. The number of aliphatic hydroxyl groups excluding tert-OH is 2. The van der Waals surface area contributed by atoms with E-state index in [9.17, 15) is 15.0 Å². The monoisotopic (exact) mass is 301 g/mol. The molecule has 20 heavy (non-hydrogen) atoms. The van der Waals surface area contributed by atoms with Crippen LogP contribution >= 0.6 is 12.4 Å². The van der Waals surface area contributed by atoms with Gasteiger partial charge in [-0.3, -0.25) is 4.79 Å². The summed E-state index contributed by atoms with van der Waals surface area (Å²) in [6.45, 7) is 0.616. The van der Waals surface area contributed by atoms with Gasteiger partial charge in [-0.1, -0.05) is 0 Å². The average molecular weight is 302 g/mol. The highest BCUT2D eigenvalue weighted by molar-refractivity contribution is 5.85. The zero-order valence-electron chi connectivity index (χ0n) is 11.1. The number of hydrogen-bond donors (Lipinski definition) is 3. The molecule has 4 rings (SSSR count). The van der Waals surface area contributed by atoms with Crippen molar-refractivity contribution in [1.29, 1.82) is 5.26 Å². The number of carbonyl (C=O) groups is 1. The molecule has 3 saturated heterocycles. The van der Waals surface area contributed by atoms with Crippen molar-refractivity contribution in [3.8, 4) is 6.07 Å². The quantitative estimate of drug-likeness (QED) is 0.601. The molecule has 6 atom stereocenters. The molecule has 0 spiro atoms. The van der Waals surface area contributed by atoms with Crippen molar-refractivity contribution < 1.29 is 15.0 Å². The van der Waals surface area contributed by atoms with E-state index >= 15 is 0 Å². The van der Waals surface area contributed by atoms with Gasteiger partial charge in [0.15, 0.2) is 0 Å². The minimum Gasteiger partial charge on any atom is -0.390 e. The first-order valence-corrected chi connectivity index (χ1v) is 6.95. The van der Waals surface area contributed by atoms with Gasteiger partial charge < -0.3 is 20.4 Å². The molecule has 0 aromatic carbocycles. The van der Waals surface area contributed by atoms with Crippen LogP contribution in [0.2, 0.25) is 0 Å². The van der Waals surface area contributed by atoms with Gasteiger partial charge in [-0.2, -0.15) is 5.26 Å². The molecule has 4 fully saturated rings. The molecule has 4 aliphatic rings. The van der Waals surface area contributed by atoms with Gasteiger partial charge >= 0.3 is 0 Å². The van der Waals surface area contributed by atoms with Gasteiger partial charge in [0.1, 0.15) is 6.04 Å². The van der Waals surface area contributed by atoms with Crippen LogP contribution in [0.15, 0.2) is 0 Å². The van der Waals surface area contributed by atoms with Crippen molar-refractivity contribution >= 4 is 18.3 Å². The van der Waals surface area contributed by atoms with Crippen LogP contribution in [0.3, 0.4) is 0 Å². The summed E-state index contributed by atoms with van der Waals surface area (Å²) in [4.78, 5) is 14.2. The van der Waals surface area contributed by atoms with E-state index in [1.165, 1.54) is 0 Å². The molecule has 1 aliphatic carbocycles. The highest BCUT2D eigenvalue weighted by atomic mass is 35.5. The van der Waals surface area contributed by atoms with Gasteiger partial charge in [0.05, 0.1) is 24.3 Å².